The van der Waals surface area contributed by atoms with Crippen molar-refractivity contribution in [3.8, 4) is 0 Å². The fraction of sp³-hybridized carbons (Fsp3) is 0.562. The molecule has 1 aliphatic rings. The number of carbonyl (C=O) groups is 1. The highest BCUT2D eigenvalue weighted by Crippen LogP contribution is 2.25. The standard InChI is InChI=1S/C16H22F2N2O/c1-2-20(10-11-3-8-14(17)15(18)9-11)16(21)12-4-6-13(19)7-5-12/h3,8-9,12-13H,2,4-7,10,19H2,1H3. The molecule has 5 heteroatoms. The van der Waals surface area contributed by atoms with Gasteiger partial charge in [0.15, 0.2) is 11.6 Å². The van der Waals surface area contributed by atoms with Gasteiger partial charge in [-0.2, -0.15) is 0 Å². The molecule has 1 fully saturated rings. The highest BCUT2D eigenvalue weighted by molar-refractivity contribution is 5.78. The predicted molar refractivity (Wildman–Crippen MR) is 77.4 cm³/mol. The molecule has 0 bridgehead atoms. The number of halogens is 2. The summed E-state index contributed by atoms with van der Waals surface area (Å²) in [6.07, 6.45) is 3.38. The van der Waals surface area contributed by atoms with Crippen molar-refractivity contribution in [2.45, 2.75) is 45.2 Å². The summed E-state index contributed by atoms with van der Waals surface area (Å²) in [5, 5.41) is 0. The Labute approximate surface area is 124 Å². The molecule has 2 N–H and O–H groups in total. The van der Waals surface area contributed by atoms with E-state index in [0.29, 0.717) is 18.7 Å². The van der Waals surface area contributed by atoms with Gasteiger partial charge in [-0.15, -0.1) is 0 Å². The van der Waals surface area contributed by atoms with Crippen LogP contribution in [-0.2, 0) is 11.3 Å². The molecule has 0 unspecified atom stereocenters. The molecule has 0 saturated heterocycles. The summed E-state index contributed by atoms with van der Waals surface area (Å²) in [5.74, 6) is -1.64. The van der Waals surface area contributed by atoms with Crippen LogP contribution in [0.15, 0.2) is 18.2 Å². The summed E-state index contributed by atoms with van der Waals surface area (Å²) in [6.45, 7) is 2.77. The summed E-state index contributed by atoms with van der Waals surface area (Å²) in [5.41, 5.74) is 6.47. The molecule has 0 atom stereocenters. The van der Waals surface area contributed by atoms with Crippen molar-refractivity contribution in [1.82, 2.24) is 4.90 Å². The molecule has 2 rings (SSSR count). The van der Waals surface area contributed by atoms with Crippen molar-refractivity contribution in [3.63, 3.8) is 0 Å². The van der Waals surface area contributed by atoms with Gasteiger partial charge in [0.05, 0.1) is 0 Å². The normalized spacial score (nSPS) is 22.1. The van der Waals surface area contributed by atoms with E-state index in [1.165, 1.54) is 6.07 Å². The Hall–Kier alpha value is -1.49. The Morgan fingerprint density at radius 1 is 1.24 bits per heavy atom. The molecule has 21 heavy (non-hydrogen) atoms. The molecule has 1 aliphatic carbocycles. The SMILES string of the molecule is CCN(Cc1ccc(F)c(F)c1)C(=O)C1CCC(N)CC1. The fourth-order valence-electron chi connectivity index (χ4n) is 2.83. The van der Waals surface area contributed by atoms with Crippen molar-refractivity contribution in [3.05, 3.63) is 35.4 Å². The lowest BCUT2D eigenvalue weighted by atomic mass is 9.85. The van der Waals surface area contributed by atoms with Gasteiger partial charge in [0, 0.05) is 25.0 Å². The first kappa shape index (κ1) is 15.9. The number of rotatable bonds is 4. The molecule has 0 aliphatic heterocycles. The molecule has 3 nitrogen and oxygen atoms in total. The van der Waals surface area contributed by atoms with Crippen LogP contribution in [0.4, 0.5) is 8.78 Å². The number of nitrogens with zero attached hydrogens (tertiary/aromatic N) is 1. The Bertz CT molecular complexity index is 499. The van der Waals surface area contributed by atoms with E-state index in [0.717, 1.165) is 37.8 Å². The summed E-state index contributed by atoms with van der Waals surface area (Å²) in [4.78, 5) is 14.2. The molecule has 0 heterocycles. The summed E-state index contributed by atoms with van der Waals surface area (Å²) in [6, 6.07) is 3.98. The minimum Gasteiger partial charge on any atom is -0.338 e. The third kappa shape index (κ3) is 4.00. The summed E-state index contributed by atoms with van der Waals surface area (Å²) < 4.78 is 26.2. The average Bonchev–Trinajstić information content (AvgIpc) is 2.48. The Balaban J connectivity index is 2.01. The fourth-order valence-corrected chi connectivity index (χ4v) is 2.83. The van der Waals surface area contributed by atoms with Crippen molar-refractivity contribution < 1.29 is 13.6 Å². The number of hydrogen-bond donors (Lipinski definition) is 1. The molecule has 0 spiro atoms. The molecular weight excluding hydrogens is 274 g/mol. The zero-order valence-corrected chi connectivity index (χ0v) is 12.3. The van der Waals surface area contributed by atoms with Crippen LogP contribution in [0.1, 0.15) is 38.2 Å². The van der Waals surface area contributed by atoms with Crippen LogP contribution < -0.4 is 5.73 Å². The quantitative estimate of drug-likeness (QED) is 0.928. The molecule has 116 valence electrons. The zero-order valence-electron chi connectivity index (χ0n) is 12.3. The molecule has 1 aromatic rings. The Kier molecular flexibility index (Phi) is 5.28. The maximum absolute atomic E-state index is 13.2. The van der Waals surface area contributed by atoms with E-state index in [-0.39, 0.29) is 17.9 Å². The van der Waals surface area contributed by atoms with Gasteiger partial charge in [-0.1, -0.05) is 6.07 Å². The van der Waals surface area contributed by atoms with Gasteiger partial charge < -0.3 is 10.6 Å². The smallest absolute Gasteiger partial charge is 0.225 e. The van der Waals surface area contributed by atoms with E-state index in [1.807, 2.05) is 6.92 Å². The minimum atomic E-state index is -0.875. The number of amides is 1. The number of hydrogen-bond acceptors (Lipinski definition) is 2. The number of nitrogens with two attached hydrogens (primary N) is 1. The van der Waals surface area contributed by atoms with Crippen molar-refractivity contribution in [1.29, 1.82) is 0 Å². The van der Waals surface area contributed by atoms with Crippen LogP contribution in [0.25, 0.3) is 0 Å². The van der Waals surface area contributed by atoms with Crippen LogP contribution in [0.3, 0.4) is 0 Å². The first-order valence-electron chi connectivity index (χ1n) is 7.49. The largest absolute Gasteiger partial charge is 0.338 e. The van der Waals surface area contributed by atoms with E-state index < -0.39 is 11.6 Å². The van der Waals surface area contributed by atoms with E-state index in [2.05, 4.69) is 0 Å². The first-order chi connectivity index (χ1) is 10.0. The third-order valence-electron chi connectivity index (χ3n) is 4.17. The first-order valence-corrected chi connectivity index (χ1v) is 7.49. The van der Waals surface area contributed by atoms with Gasteiger partial charge in [0.2, 0.25) is 5.91 Å². The topological polar surface area (TPSA) is 46.3 Å². The van der Waals surface area contributed by atoms with Gasteiger partial charge in [-0.05, 0) is 50.3 Å². The second kappa shape index (κ2) is 6.98. The maximum Gasteiger partial charge on any atom is 0.225 e. The Morgan fingerprint density at radius 3 is 2.48 bits per heavy atom. The molecule has 0 radical (unpaired) electrons. The lowest BCUT2D eigenvalue weighted by molar-refractivity contribution is -0.137. The van der Waals surface area contributed by atoms with E-state index >= 15 is 0 Å². The zero-order chi connectivity index (χ0) is 15.4. The van der Waals surface area contributed by atoms with E-state index in [1.54, 1.807) is 4.90 Å². The van der Waals surface area contributed by atoms with Crippen LogP contribution in [-0.4, -0.2) is 23.4 Å². The molecular formula is C16H22F2N2O. The molecule has 0 aromatic heterocycles. The number of benzene rings is 1. The van der Waals surface area contributed by atoms with Gasteiger partial charge in [-0.3, -0.25) is 4.79 Å². The van der Waals surface area contributed by atoms with Crippen molar-refractivity contribution in [2.24, 2.45) is 11.7 Å². The Morgan fingerprint density at radius 2 is 1.90 bits per heavy atom. The van der Waals surface area contributed by atoms with Crippen molar-refractivity contribution in [2.75, 3.05) is 6.54 Å². The lowest BCUT2D eigenvalue weighted by Crippen LogP contribution is -2.39. The highest BCUT2D eigenvalue weighted by atomic mass is 19.2. The highest BCUT2D eigenvalue weighted by Gasteiger charge is 2.27. The second-order valence-electron chi connectivity index (χ2n) is 5.71. The van der Waals surface area contributed by atoms with Gasteiger partial charge in [0.1, 0.15) is 0 Å². The summed E-state index contributed by atoms with van der Waals surface area (Å²) >= 11 is 0. The van der Waals surface area contributed by atoms with Crippen LogP contribution in [0, 0.1) is 17.6 Å². The summed E-state index contributed by atoms with van der Waals surface area (Å²) in [7, 11) is 0. The predicted octanol–water partition coefficient (Wildman–Crippen LogP) is 2.83. The minimum absolute atomic E-state index is 0.00930. The average molecular weight is 296 g/mol. The van der Waals surface area contributed by atoms with Gasteiger partial charge >= 0.3 is 0 Å². The molecule has 1 amide bonds. The maximum atomic E-state index is 13.2. The van der Waals surface area contributed by atoms with E-state index in [9.17, 15) is 13.6 Å². The molecule has 1 aromatic carbocycles. The van der Waals surface area contributed by atoms with Crippen molar-refractivity contribution >= 4 is 5.91 Å². The lowest BCUT2D eigenvalue weighted by Gasteiger charge is -2.30. The van der Waals surface area contributed by atoms with Gasteiger partial charge in [-0.25, -0.2) is 8.78 Å². The van der Waals surface area contributed by atoms with E-state index in [4.69, 9.17) is 5.73 Å². The van der Waals surface area contributed by atoms with Crippen LogP contribution >= 0.6 is 0 Å². The van der Waals surface area contributed by atoms with Crippen LogP contribution in [0.5, 0.6) is 0 Å². The third-order valence-corrected chi connectivity index (χ3v) is 4.17. The second-order valence-corrected chi connectivity index (χ2v) is 5.71. The van der Waals surface area contributed by atoms with Gasteiger partial charge in [0.25, 0.3) is 0 Å². The van der Waals surface area contributed by atoms with Crippen LogP contribution in [0.2, 0.25) is 0 Å². The molecule has 1 saturated carbocycles. The monoisotopic (exact) mass is 296 g/mol. The number of carbonyl (C=O) groups excluding carboxylic acids is 1.